The Labute approximate surface area is 201 Å². The molecule has 33 heavy (non-hydrogen) atoms. The van der Waals surface area contributed by atoms with E-state index in [1.807, 2.05) is 19.9 Å². The SMILES string of the molecule is CCCC(N)=O.Cc1c(C(=O)O)cc(-c2csc(C3CCCCC3)n2)n1CC1CCCCC1. The average molecular weight is 474 g/mol. The van der Waals surface area contributed by atoms with Crippen LogP contribution in [0.3, 0.4) is 0 Å². The largest absolute Gasteiger partial charge is 0.478 e. The normalized spacial score (nSPS) is 17.4. The van der Waals surface area contributed by atoms with E-state index in [0.29, 0.717) is 23.8 Å². The van der Waals surface area contributed by atoms with Crippen LogP contribution in [0.15, 0.2) is 11.4 Å². The topological polar surface area (TPSA) is 98.2 Å². The van der Waals surface area contributed by atoms with Crippen molar-refractivity contribution >= 4 is 23.2 Å². The molecular weight excluding hydrogens is 434 g/mol. The molecule has 0 saturated heterocycles. The van der Waals surface area contributed by atoms with Crippen LogP contribution in [0.4, 0.5) is 0 Å². The van der Waals surface area contributed by atoms with Gasteiger partial charge in [-0.2, -0.15) is 0 Å². The molecule has 2 saturated carbocycles. The number of nitrogens with two attached hydrogens (primary N) is 1. The van der Waals surface area contributed by atoms with Gasteiger partial charge in [-0.1, -0.05) is 45.4 Å². The second-order valence-electron chi connectivity index (χ2n) is 9.57. The van der Waals surface area contributed by atoms with Gasteiger partial charge in [0, 0.05) is 30.0 Å². The summed E-state index contributed by atoms with van der Waals surface area (Å²) >= 11 is 1.76. The summed E-state index contributed by atoms with van der Waals surface area (Å²) in [5.41, 5.74) is 8.02. The molecule has 2 fully saturated rings. The molecular formula is C26H39N3O3S. The molecule has 0 radical (unpaired) electrons. The van der Waals surface area contributed by atoms with Crippen LogP contribution in [0.1, 0.15) is 111 Å². The number of rotatable bonds is 7. The number of hydrogen-bond donors (Lipinski definition) is 2. The van der Waals surface area contributed by atoms with Gasteiger partial charge in [-0.25, -0.2) is 9.78 Å². The molecule has 7 heteroatoms. The number of nitrogens with zero attached hydrogens (tertiary/aromatic N) is 2. The summed E-state index contributed by atoms with van der Waals surface area (Å²) < 4.78 is 2.24. The number of primary amides is 1. The third-order valence-electron chi connectivity index (χ3n) is 7.00. The number of aromatic carboxylic acids is 1. The number of carbonyl (C=O) groups excluding carboxylic acids is 1. The first-order valence-corrected chi connectivity index (χ1v) is 13.5. The number of carbonyl (C=O) groups is 2. The second kappa shape index (κ2) is 12.4. The van der Waals surface area contributed by atoms with Crippen LogP contribution in [0.5, 0.6) is 0 Å². The fraction of sp³-hybridized carbons (Fsp3) is 0.654. The Morgan fingerprint density at radius 2 is 1.76 bits per heavy atom. The molecule has 4 rings (SSSR count). The van der Waals surface area contributed by atoms with Gasteiger partial charge < -0.3 is 15.4 Å². The Kier molecular flexibility index (Phi) is 9.53. The molecule has 2 aliphatic rings. The van der Waals surface area contributed by atoms with Crippen LogP contribution in [0.2, 0.25) is 0 Å². The zero-order chi connectivity index (χ0) is 23.8. The maximum atomic E-state index is 11.7. The summed E-state index contributed by atoms with van der Waals surface area (Å²) in [6.07, 6.45) is 14.3. The van der Waals surface area contributed by atoms with E-state index in [-0.39, 0.29) is 5.91 Å². The van der Waals surface area contributed by atoms with E-state index in [0.717, 1.165) is 30.0 Å². The highest BCUT2D eigenvalue weighted by Gasteiger charge is 2.24. The quantitative estimate of drug-likeness (QED) is 0.478. The zero-order valence-electron chi connectivity index (χ0n) is 20.1. The molecule has 0 unspecified atom stereocenters. The lowest BCUT2D eigenvalue weighted by molar-refractivity contribution is -0.118. The summed E-state index contributed by atoms with van der Waals surface area (Å²) in [4.78, 5) is 26.5. The summed E-state index contributed by atoms with van der Waals surface area (Å²) in [5, 5.41) is 13.0. The Morgan fingerprint density at radius 3 is 2.30 bits per heavy atom. The minimum absolute atomic E-state index is 0.211. The summed E-state index contributed by atoms with van der Waals surface area (Å²) in [5.74, 6) is 0.206. The van der Waals surface area contributed by atoms with Crippen LogP contribution in [0, 0.1) is 12.8 Å². The predicted molar refractivity (Wildman–Crippen MR) is 134 cm³/mol. The maximum absolute atomic E-state index is 11.7. The van der Waals surface area contributed by atoms with Gasteiger partial charge in [0.2, 0.25) is 5.91 Å². The minimum Gasteiger partial charge on any atom is -0.478 e. The van der Waals surface area contributed by atoms with Gasteiger partial charge in [0.1, 0.15) is 0 Å². The van der Waals surface area contributed by atoms with E-state index in [2.05, 4.69) is 9.95 Å². The van der Waals surface area contributed by atoms with Gasteiger partial charge in [0.15, 0.2) is 0 Å². The molecule has 6 nitrogen and oxygen atoms in total. The highest BCUT2D eigenvalue weighted by molar-refractivity contribution is 7.10. The lowest BCUT2D eigenvalue weighted by Crippen LogP contribution is -2.16. The molecule has 182 valence electrons. The molecule has 0 aromatic carbocycles. The minimum atomic E-state index is -0.834. The molecule has 0 bridgehead atoms. The molecule has 1 amide bonds. The third-order valence-corrected chi connectivity index (χ3v) is 8.00. The van der Waals surface area contributed by atoms with Crippen LogP contribution < -0.4 is 5.73 Å². The zero-order valence-corrected chi connectivity index (χ0v) is 21.0. The third kappa shape index (κ3) is 6.92. The van der Waals surface area contributed by atoms with Crippen molar-refractivity contribution in [3.63, 3.8) is 0 Å². The number of carboxylic acid groups (broad SMARTS) is 1. The van der Waals surface area contributed by atoms with Crippen LogP contribution in [-0.4, -0.2) is 26.5 Å². The Morgan fingerprint density at radius 1 is 1.12 bits per heavy atom. The number of thiazole rings is 1. The molecule has 0 aliphatic heterocycles. The van der Waals surface area contributed by atoms with E-state index in [1.165, 1.54) is 69.2 Å². The molecule has 2 heterocycles. The molecule has 0 atom stereocenters. The fourth-order valence-electron chi connectivity index (χ4n) is 5.13. The fourth-order valence-corrected chi connectivity index (χ4v) is 6.11. The summed E-state index contributed by atoms with van der Waals surface area (Å²) in [6.45, 7) is 4.79. The van der Waals surface area contributed by atoms with Gasteiger partial charge in [-0.3, -0.25) is 4.79 Å². The van der Waals surface area contributed by atoms with Crippen LogP contribution >= 0.6 is 11.3 Å². The van der Waals surface area contributed by atoms with Crippen LogP contribution in [0.25, 0.3) is 11.4 Å². The molecule has 2 aromatic heterocycles. The van der Waals surface area contributed by atoms with Crippen molar-refractivity contribution in [3.8, 4) is 11.4 Å². The predicted octanol–water partition coefficient (Wildman–Crippen LogP) is 6.52. The van der Waals surface area contributed by atoms with Gasteiger partial charge >= 0.3 is 5.97 Å². The van der Waals surface area contributed by atoms with Crippen molar-refractivity contribution in [2.45, 2.75) is 103 Å². The highest BCUT2D eigenvalue weighted by Crippen LogP contribution is 2.37. The monoisotopic (exact) mass is 473 g/mol. The Bertz CT molecular complexity index is 921. The summed E-state index contributed by atoms with van der Waals surface area (Å²) in [7, 11) is 0. The molecule has 2 aliphatic carbocycles. The van der Waals surface area contributed by atoms with Gasteiger partial charge in [0.05, 0.1) is 22.0 Å². The summed E-state index contributed by atoms with van der Waals surface area (Å²) in [6, 6.07) is 1.85. The van der Waals surface area contributed by atoms with E-state index < -0.39 is 5.97 Å². The number of hydrogen-bond acceptors (Lipinski definition) is 4. The highest BCUT2D eigenvalue weighted by atomic mass is 32.1. The van der Waals surface area contributed by atoms with E-state index in [4.69, 9.17) is 10.7 Å². The van der Waals surface area contributed by atoms with E-state index in [9.17, 15) is 14.7 Å². The first-order chi connectivity index (χ1) is 15.9. The number of amides is 1. The standard InChI is InChI=1S/C22H30N2O2S.C4H9NO/c1-15-18(22(25)26)12-20(24(15)13-16-8-4-2-5-9-16)19-14-27-21(23-19)17-10-6-3-7-11-17;1-2-3-4(5)6/h12,14,16-17H,2-11,13H2,1H3,(H,25,26);2-3H2,1H3,(H2,5,6). The van der Waals surface area contributed by atoms with Crippen LogP contribution in [-0.2, 0) is 11.3 Å². The van der Waals surface area contributed by atoms with Crippen molar-refractivity contribution in [2.24, 2.45) is 11.7 Å². The van der Waals surface area contributed by atoms with Crippen molar-refractivity contribution < 1.29 is 14.7 Å². The smallest absolute Gasteiger partial charge is 0.337 e. The van der Waals surface area contributed by atoms with Crippen molar-refractivity contribution in [1.29, 1.82) is 0 Å². The second-order valence-corrected chi connectivity index (χ2v) is 10.5. The molecule has 0 spiro atoms. The van der Waals surface area contributed by atoms with Gasteiger partial charge in [-0.15, -0.1) is 11.3 Å². The van der Waals surface area contributed by atoms with Gasteiger partial charge in [-0.05, 0) is 51.0 Å². The lowest BCUT2D eigenvalue weighted by atomic mass is 9.89. The maximum Gasteiger partial charge on any atom is 0.337 e. The van der Waals surface area contributed by atoms with Gasteiger partial charge in [0.25, 0.3) is 0 Å². The first kappa shape index (κ1) is 25.5. The average Bonchev–Trinajstić information content (AvgIpc) is 3.41. The van der Waals surface area contributed by atoms with Crippen molar-refractivity contribution in [3.05, 3.63) is 27.7 Å². The van der Waals surface area contributed by atoms with E-state index in [1.54, 1.807) is 11.3 Å². The molecule has 2 aromatic rings. The Hall–Kier alpha value is -2.15. The van der Waals surface area contributed by atoms with Crippen molar-refractivity contribution in [1.82, 2.24) is 9.55 Å². The molecule has 3 N–H and O–H groups in total. The first-order valence-electron chi connectivity index (χ1n) is 12.6. The van der Waals surface area contributed by atoms with Crippen molar-refractivity contribution in [2.75, 3.05) is 0 Å². The Balaban J connectivity index is 0.000000454. The number of aromatic nitrogens is 2. The van der Waals surface area contributed by atoms with E-state index >= 15 is 0 Å². The number of carboxylic acids is 1. The lowest BCUT2D eigenvalue weighted by Gasteiger charge is -2.24.